The van der Waals surface area contributed by atoms with Gasteiger partial charge in [-0.2, -0.15) is 4.98 Å². The quantitative estimate of drug-likeness (QED) is 0.124. The largest absolute Gasteiger partial charge is 0.486 e. The van der Waals surface area contributed by atoms with E-state index in [9.17, 15) is 0 Å². The smallest absolute Gasteiger partial charge is 0.219 e. The van der Waals surface area contributed by atoms with Crippen LogP contribution in [0.2, 0.25) is 19.6 Å². The Morgan fingerprint density at radius 2 is 1.62 bits per heavy atom. The molecule has 243 valence electrons. The molecule has 0 amide bonds. The van der Waals surface area contributed by atoms with E-state index in [2.05, 4.69) is 103 Å². The number of pyridine rings is 1. The Hall–Kier alpha value is -3.97. The molecule has 6 nitrogen and oxygen atoms in total. The summed E-state index contributed by atoms with van der Waals surface area (Å²) in [5, 5.41) is 3.38. The van der Waals surface area contributed by atoms with E-state index in [4.69, 9.17) is 9.40 Å². The number of nitrogens with zero attached hydrogens (tertiary/aromatic N) is 5. The van der Waals surface area contributed by atoms with Crippen LogP contribution >= 0.6 is 0 Å². The summed E-state index contributed by atoms with van der Waals surface area (Å²) in [7, 11) is -1.34. The molecule has 0 saturated heterocycles. The summed E-state index contributed by atoms with van der Waals surface area (Å²) in [6, 6.07) is 29.3. The molecule has 7 rings (SSSR count). The number of benzene rings is 3. The van der Waals surface area contributed by atoms with Gasteiger partial charge in [0.2, 0.25) is 5.71 Å². The van der Waals surface area contributed by atoms with Gasteiger partial charge in [0.25, 0.3) is 0 Å². The average molecular weight is 816 g/mol. The first kappa shape index (κ1) is 34.4. The van der Waals surface area contributed by atoms with Crippen molar-refractivity contribution >= 4 is 46.4 Å². The summed E-state index contributed by atoms with van der Waals surface area (Å²) >= 11 is 0. The molecule has 0 atom stereocenters. The SMILES string of the molecule is CC(C)Cc1cc(-c2[c-]cccc2)ncc1[Si](C)(C)C.Cc1ncc2c(n1)oc1c(-c3nc4ccccc4n3C(C)C)[c-]ccc12.[Ir]. The molecule has 0 unspecified atom stereocenters. The number of aryl methyl sites for hydroxylation is 1. The first-order valence-electron chi connectivity index (χ1n) is 16.0. The maximum Gasteiger partial charge on any atom is 0.219 e. The number of fused-ring (bicyclic) bond motifs is 4. The third kappa shape index (κ3) is 7.15. The van der Waals surface area contributed by atoms with Crippen molar-refractivity contribution in [3.63, 3.8) is 0 Å². The molecule has 0 bridgehead atoms. The molecule has 0 spiro atoms. The molecule has 1 radical (unpaired) electrons. The van der Waals surface area contributed by atoms with E-state index in [1.54, 1.807) is 0 Å². The van der Waals surface area contributed by atoms with Gasteiger partial charge in [0.1, 0.15) is 5.82 Å². The van der Waals surface area contributed by atoms with E-state index in [0.29, 0.717) is 17.5 Å². The number of rotatable bonds is 6. The van der Waals surface area contributed by atoms with Gasteiger partial charge in [-0.3, -0.25) is 4.98 Å². The molecule has 0 aliphatic rings. The van der Waals surface area contributed by atoms with E-state index in [0.717, 1.165) is 56.5 Å². The monoisotopic (exact) mass is 816 g/mol. The summed E-state index contributed by atoms with van der Waals surface area (Å²) in [6.45, 7) is 17.9. The van der Waals surface area contributed by atoms with Crippen molar-refractivity contribution < 1.29 is 24.5 Å². The van der Waals surface area contributed by atoms with Crippen LogP contribution in [0.4, 0.5) is 0 Å². The molecule has 7 aromatic rings. The summed E-state index contributed by atoms with van der Waals surface area (Å²) in [5.74, 6) is 2.21. The van der Waals surface area contributed by atoms with Gasteiger partial charge < -0.3 is 14.0 Å². The summed E-state index contributed by atoms with van der Waals surface area (Å²) in [5.41, 5.74) is 7.87. The Kier molecular flexibility index (Phi) is 10.3. The number of aromatic nitrogens is 5. The number of para-hydroxylation sites is 2. The van der Waals surface area contributed by atoms with Gasteiger partial charge in [0.15, 0.2) is 0 Å². The Labute approximate surface area is 292 Å². The van der Waals surface area contributed by atoms with Gasteiger partial charge >= 0.3 is 0 Å². The van der Waals surface area contributed by atoms with Gasteiger partial charge in [-0.1, -0.05) is 68.2 Å². The van der Waals surface area contributed by atoms with E-state index >= 15 is 0 Å². The van der Waals surface area contributed by atoms with Crippen LogP contribution in [-0.4, -0.2) is 32.6 Å². The van der Waals surface area contributed by atoms with E-state index in [1.165, 1.54) is 10.8 Å². The predicted molar refractivity (Wildman–Crippen MR) is 192 cm³/mol. The van der Waals surface area contributed by atoms with Crippen molar-refractivity contribution in [2.45, 2.75) is 66.7 Å². The molecular weight excluding hydrogens is 775 g/mol. The van der Waals surface area contributed by atoms with Gasteiger partial charge in [-0.25, -0.2) is 4.98 Å². The standard InChI is InChI=1S/C21H17N4O.C18H24NSi.Ir/c1-12(2)25-18-10-5-4-9-17(18)24-20(25)15-8-6-7-14-16-11-22-13(3)23-21(16)26-19(14)15;1-14(2)11-16-12-17(15-9-7-6-8-10-15)19-13-18(16)20(3,4)5;/h4-7,9-12H,1-3H3;6-9,12-14H,11H2,1-5H3;/q2*-1;. The van der Waals surface area contributed by atoms with Crippen LogP contribution in [0, 0.1) is 25.0 Å². The van der Waals surface area contributed by atoms with Crippen molar-refractivity contribution in [3.05, 3.63) is 103 Å². The second-order valence-electron chi connectivity index (χ2n) is 13.6. The van der Waals surface area contributed by atoms with Crippen molar-refractivity contribution in [2.24, 2.45) is 5.92 Å². The molecule has 4 heterocycles. The molecule has 3 aromatic carbocycles. The van der Waals surface area contributed by atoms with Gasteiger partial charge in [-0.05, 0) is 56.1 Å². The molecule has 0 aliphatic heterocycles. The van der Waals surface area contributed by atoms with Gasteiger partial charge in [-0.15, -0.1) is 54.1 Å². The zero-order valence-corrected chi connectivity index (χ0v) is 31.7. The van der Waals surface area contributed by atoms with Crippen LogP contribution in [0.15, 0.2) is 83.5 Å². The first-order chi connectivity index (χ1) is 22.0. The van der Waals surface area contributed by atoms with Crippen molar-refractivity contribution in [1.29, 1.82) is 0 Å². The fraction of sp³-hybridized carbons (Fsp3) is 0.282. The molecule has 0 fully saturated rings. The molecule has 47 heavy (non-hydrogen) atoms. The topological polar surface area (TPSA) is 69.6 Å². The third-order valence-corrected chi connectivity index (χ3v) is 10.1. The predicted octanol–water partition coefficient (Wildman–Crippen LogP) is 9.37. The second-order valence-corrected chi connectivity index (χ2v) is 18.6. The Morgan fingerprint density at radius 1 is 0.851 bits per heavy atom. The fourth-order valence-electron chi connectivity index (χ4n) is 6.00. The minimum absolute atomic E-state index is 0. The minimum atomic E-state index is -1.34. The number of furan rings is 1. The second kappa shape index (κ2) is 14.0. The van der Waals surface area contributed by atoms with Gasteiger partial charge in [0.05, 0.1) is 30.5 Å². The molecule has 0 saturated carbocycles. The minimum Gasteiger partial charge on any atom is -0.486 e. The van der Waals surface area contributed by atoms with Crippen molar-refractivity contribution in [1.82, 2.24) is 24.5 Å². The van der Waals surface area contributed by atoms with Crippen molar-refractivity contribution in [2.75, 3.05) is 0 Å². The summed E-state index contributed by atoms with van der Waals surface area (Å²) < 4.78 is 8.34. The van der Waals surface area contributed by atoms with Gasteiger partial charge in [0, 0.05) is 43.9 Å². The molecule has 4 aromatic heterocycles. The van der Waals surface area contributed by atoms with Crippen LogP contribution in [0.25, 0.3) is 55.7 Å². The first-order valence-corrected chi connectivity index (χ1v) is 19.5. The van der Waals surface area contributed by atoms with E-state index < -0.39 is 8.07 Å². The van der Waals surface area contributed by atoms with Crippen LogP contribution < -0.4 is 5.19 Å². The number of hydrogen-bond acceptors (Lipinski definition) is 5. The van der Waals surface area contributed by atoms with E-state index in [-0.39, 0.29) is 26.1 Å². The summed E-state index contributed by atoms with van der Waals surface area (Å²) in [4.78, 5) is 18.3. The molecule has 0 N–H and O–H groups in total. The zero-order chi connectivity index (χ0) is 32.6. The molecule has 0 aliphatic carbocycles. The van der Waals surface area contributed by atoms with E-state index in [1.807, 2.05) is 61.7 Å². The Morgan fingerprint density at radius 3 is 2.32 bits per heavy atom. The fourth-order valence-corrected chi connectivity index (χ4v) is 7.59. The third-order valence-electron chi connectivity index (χ3n) is 8.06. The average Bonchev–Trinajstić information content (AvgIpc) is 3.59. The number of imidazole rings is 1. The van der Waals surface area contributed by atoms with Crippen LogP contribution in [0.5, 0.6) is 0 Å². The molecule has 8 heteroatoms. The summed E-state index contributed by atoms with van der Waals surface area (Å²) in [6.07, 6.45) is 5.06. The van der Waals surface area contributed by atoms with Crippen molar-refractivity contribution in [3.8, 4) is 22.6 Å². The number of hydrogen-bond donors (Lipinski definition) is 0. The Bertz CT molecular complexity index is 2140. The van der Waals surface area contributed by atoms with Crippen LogP contribution in [0.1, 0.15) is 45.1 Å². The van der Waals surface area contributed by atoms with Crippen LogP contribution in [-0.2, 0) is 26.5 Å². The van der Waals surface area contributed by atoms with Crippen LogP contribution in [0.3, 0.4) is 0 Å². The maximum atomic E-state index is 6.11. The maximum absolute atomic E-state index is 6.11. The normalized spacial score (nSPS) is 11.7. The zero-order valence-electron chi connectivity index (χ0n) is 28.3. The Balaban J connectivity index is 0.000000188. The molecular formula is C39H41IrN5OSi-2.